The van der Waals surface area contributed by atoms with Crippen LogP contribution in [0.1, 0.15) is 35.7 Å². The first-order valence-corrected chi connectivity index (χ1v) is 8.36. The van der Waals surface area contributed by atoms with Gasteiger partial charge < -0.3 is 4.90 Å². The van der Waals surface area contributed by atoms with Crippen molar-refractivity contribution < 1.29 is 4.79 Å². The predicted octanol–water partition coefficient (Wildman–Crippen LogP) is 3.51. The number of nitrogens with zero attached hydrogens (tertiary/aromatic N) is 3. The van der Waals surface area contributed by atoms with Gasteiger partial charge in [0.25, 0.3) is 0 Å². The quantitative estimate of drug-likeness (QED) is 0.762. The number of aryl methyl sites for hydroxylation is 2. The van der Waals surface area contributed by atoms with E-state index in [-0.39, 0.29) is 17.8 Å². The molecule has 4 nitrogen and oxygen atoms in total. The maximum Gasteiger partial charge on any atom is 0.238 e. The summed E-state index contributed by atoms with van der Waals surface area (Å²) in [6.07, 6.45) is 0.856. The largest absolute Gasteiger partial charge is 0.328 e. The highest BCUT2D eigenvalue weighted by Gasteiger charge is 2.25. The minimum absolute atomic E-state index is 0.00626. The van der Waals surface area contributed by atoms with Crippen molar-refractivity contribution in [1.82, 2.24) is 14.7 Å². The van der Waals surface area contributed by atoms with Gasteiger partial charge in [-0.05, 0) is 30.9 Å². The predicted molar refractivity (Wildman–Crippen MR) is 86.6 cm³/mol. The Bertz CT molecular complexity index is 575. The first-order valence-electron chi connectivity index (χ1n) is 6.95. The molecule has 2 aromatic heterocycles. The van der Waals surface area contributed by atoms with Crippen LogP contribution in [-0.2, 0) is 18.4 Å². The third-order valence-electron chi connectivity index (χ3n) is 3.57. The molecule has 0 aliphatic heterocycles. The Kier molecular flexibility index (Phi) is 5.42. The monoisotopic (exact) mass is 325 g/mol. The van der Waals surface area contributed by atoms with Gasteiger partial charge in [-0.1, -0.05) is 13.0 Å². The molecular weight excluding hydrogens is 306 g/mol. The molecule has 1 amide bonds. The summed E-state index contributed by atoms with van der Waals surface area (Å²) in [5, 5.41) is 6.48. The molecule has 0 N–H and O–H groups in total. The van der Waals surface area contributed by atoms with Gasteiger partial charge in [-0.25, -0.2) is 0 Å². The topological polar surface area (TPSA) is 38.1 Å². The molecule has 0 saturated heterocycles. The molecule has 114 valence electrons. The molecular formula is C15H20ClN3OS. The van der Waals surface area contributed by atoms with E-state index in [0.717, 1.165) is 17.8 Å². The Morgan fingerprint density at radius 2 is 2.33 bits per heavy atom. The van der Waals surface area contributed by atoms with Crippen LogP contribution < -0.4 is 0 Å². The summed E-state index contributed by atoms with van der Waals surface area (Å²) < 4.78 is 1.82. The van der Waals surface area contributed by atoms with E-state index in [1.807, 2.05) is 41.1 Å². The van der Waals surface area contributed by atoms with Gasteiger partial charge in [0, 0.05) is 17.6 Å². The lowest BCUT2D eigenvalue weighted by Gasteiger charge is -2.29. The summed E-state index contributed by atoms with van der Waals surface area (Å²) in [6, 6.07) is 6.14. The normalized spacial score (nSPS) is 12.4. The number of rotatable bonds is 6. The van der Waals surface area contributed by atoms with Crippen LogP contribution in [0.3, 0.4) is 0 Å². The number of aromatic nitrogens is 2. The van der Waals surface area contributed by atoms with Gasteiger partial charge >= 0.3 is 0 Å². The third-order valence-corrected chi connectivity index (χ3v) is 4.77. The van der Waals surface area contributed by atoms with Gasteiger partial charge in [0.2, 0.25) is 5.91 Å². The van der Waals surface area contributed by atoms with Crippen LogP contribution in [0.2, 0.25) is 0 Å². The van der Waals surface area contributed by atoms with E-state index in [2.05, 4.69) is 18.1 Å². The molecule has 0 spiro atoms. The molecule has 0 aromatic carbocycles. The molecule has 2 heterocycles. The van der Waals surface area contributed by atoms with Crippen molar-refractivity contribution in [2.75, 3.05) is 5.88 Å². The summed E-state index contributed by atoms with van der Waals surface area (Å²) in [6.45, 7) is 4.58. The van der Waals surface area contributed by atoms with E-state index >= 15 is 0 Å². The highest BCUT2D eigenvalue weighted by atomic mass is 35.5. The highest BCUT2D eigenvalue weighted by Crippen LogP contribution is 2.29. The molecule has 1 unspecified atom stereocenters. The second-order valence-corrected chi connectivity index (χ2v) is 6.24. The number of carbonyl (C=O) groups excluding carboxylic acids is 1. The fourth-order valence-electron chi connectivity index (χ4n) is 2.39. The van der Waals surface area contributed by atoms with E-state index < -0.39 is 0 Å². The number of carbonyl (C=O) groups is 1. The van der Waals surface area contributed by atoms with Crippen LogP contribution in [0, 0.1) is 6.92 Å². The van der Waals surface area contributed by atoms with Crippen molar-refractivity contribution in [3.05, 3.63) is 39.8 Å². The van der Waals surface area contributed by atoms with Gasteiger partial charge in [0.1, 0.15) is 5.88 Å². The molecule has 0 radical (unpaired) electrons. The van der Waals surface area contributed by atoms with Crippen LogP contribution in [0.4, 0.5) is 0 Å². The minimum Gasteiger partial charge on any atom is -0.328 e. The average Bonchev–Trinajstić information content (AvgIpc) is 3.09. The van der Waals surface area contributed by atoms with Crippen molar-refractivity contribution in [3.8, 4) is 0 Å². The van der Waals surface area contributed by atoms with Crippen LogP contribution in [-0.4, -0.2) is 26.5 Å². The van der Waals surface area contributed by atoms with Crippen molar-refractivity contribution in [2.24, 2.45) is 7.05 Å². The molecule has 2 aromatic rings. The highest BCUT2D eigenvalue weighted by molar-refractivity contribution is 7.10. The fraction of sp³-hybridized carbons (Fsp3) is 0.467. The summed E-state index contributed by atoms with van der Waals surface area (Å²) in [7, 11) is 1.91. The maximum absolute atomic E-state index is 12.3. The second kappa shape index (κ2) is 7.09. The van der Waals surface area contributed by atoms with Crippen molar-refractivity contribution in [2.45, 2.75) is 32.9 Å². The number of alkyl halides is 1. The maximum atomic E-state index is 12.3. The molecule has 2 rings (SSSR count). The van der Waals surface area contributed by atoms with Gasteiger partial charge in [-0.15, -0.1) is 22.9 Å². The lowest BCUT2D eigenvalue weighted by molar-refractivity contribution is -0.131. The van der Waals surface area contributed by atoms with Crippen molar-refractivity contribution in [3.63, 3.8) is 0 Å². The molecule has 21 heavy (non-hydrogen) atoms. The van der Waals surface area contributed by atoms with Crippen molar-refractivity contribution >= 4 is 28.8 Å². The van der Waals surface area contributed by atoms with E-state index in [9.17, 15) is 4.79 Å². The first kappa shape index (κ1) is 16.0. The number of hydrogen-bond donors (Lipinski definition) is 0. The molecule has 6 heteroatoms. The van der Waals surface area contributed by atoms with Gasteiger partial charge in [0.15, 0.2) is 0 Å². The second-order valence-electron chi connectivity index (χ2n) is 5.00. The summed E-state index contributed by atoms with van der Waals surface area (Å²) in [5.74, 6) is -0.0616. The summed E-state index contributed by atoms with van der Waals surface area (Å²) >= 11 is 7.47. The SMILES string of the molecule is CCC(c1cccs1)N(Cc1cc(C)n(C)n1)C(=O)CCl. The third kappa shape index (κ3) is 3.66. The zero-order valence-corrected chi connectivity index (χ0v) is 14.1. The zero-order chi connectivity index (χ0) is 15.4. The number of hydrogen-bond acceptors (Lipinski definition) is 3. The Morgan fingerprint density at radius 1 is 1.57 bits per heavy atom. The number of amides is 1. The minimum atomic E-state index is -0.0553. The Balaban J connectivity index is 2.27. The standard InChI is InChI=1S/C15H20ClN3OS/c1-4-13(14-6-5-7-21-14)19(15(20)9-16)10-12-8-11(2)18(3)17-12/h5-8,13H,4,9-10H2,1-3H3. The van der Waals surface area contributed by atoms with E-state index in [0.29, 0.717) is 6.54 Å². The molecule has 1 atom stereocenters. The van der Waals surface area contributed by atoms with Crippen LogP contribution >= 0.6 is 22.9 Å². The van der Waals surface area contributed by atoms with Crippen LogP contribution in [0.5, 0.6) is 0 Å². The van der Waals surface area contributed by atoms with E-state index in [1.54, 1.807) is 11.3 Å². The zero-order valence-electron chi connectivity index (χ0n) is 12.5. The van der Waals surface area contributed by atoms with Gasteiger partial charge in [0.05, 0.1) is 18.3 Å². The van der Waals surface area contributed by atoms with Gasteiger partial charge in [-0.3, -0.25) is 9.48 Å². The lowest BCUT2D eigenvalue weighted by Crippen LogP contribution is -2.35. The summed E-state index contributed by atoms with van der Waals surface area (Å²) in [4.78, 5) is 15.3. The average molecular weight is 326 g/mol. The molecule has 0 fully saturated rings. The van der Waals surface area contributed by atoms with E-state index in [4.69, 9.17) is 11.6 Å². The number of halogens is 1. The van der Waals surface area contributed by atoms with E-state index in [1.165, 1.54) is 4.88 Å². The Morgan fingerprint density at radius 3 is 2.81 bits per heavy atom. The van der Waals surface area contributed by atoms with Crippen LogP contribution in [0.25, 0.3) is 0 Å². The molecule has 0 saturated carbocycles. The Hall–Kier alpha value is -1.33. The fourth-order valence-corrected chi connectivity index (χ4v) is 3.47. The molecule has 0 aliphatic rings. The van der Waals surface area contributed by atoms with Crippen molar-refractivity contribution in [1.29, 1.82) is 0 Å². The van der Waals surface area contributed by atoms with Crippen LogP contribution in [0.15, 0.2) is 23.6 Å². The number of thiophene rings is 1. The smallest absolute Gasteiger partial charge is 0.238 e. The summed E-state index contributed by atoms with van der Waals surface area (Å²) in [5.41, 5.74) is 1.97. The lowest BCUT2D eigenvalue weighted by atomic mass is 10.1. The molecule has 0 bridgehead atoms. The first-order chi connectivity index (χ1) is 10.1. The molecule has 0 aliphatic carbocycles. The van der Waals surface area contributed by atoms with Gasteiger partial charge in [-0.2, -0.15) is 5.10 Å². The Labute approximate surface area is 134 Å².